The molecule has 40 heavy (non-hydrogen) atoms. The van der Waals surface area contributed by atoms with Gasteiger partial charge >= 0.3 is 71.1 Å². The predicted octanol–water partition coefficient (Wildman–Crippen LogP) is -1.53. The number of hydrogen-bond acceptors (Lipinski definition) is 9. The summed E-state index contributed by atoms with van der Waals surface area (Å²) in [5.74, 6) is -0.977. The number of phosphoric ester groups is 1. The van der Waals surface area contributed by atoms with Crippen molar-refractivity contribution in [2.24, 2.45) is 0 Å². The maximum Gasteiger partial charge on any atom is 1.00 e. The van der Waals surface area contributed by atoms with Gasteiger partial charge in [0.15, 0.2) is 6.10 Å². The van der Waals surface area contributed by atoms with Crippen LogP contribution in [0.2, 0.25) is 0 Å². The topological polar surface area (TPSA) is 154 Å². The molecule has 0 aliphatic rings. The predicted molar refractivity (Wildman–Crippen MR) is 142 cm³/mol. The van der Waals surface area contributed by atoms with Crippen LogP contribution in [0.3, 0.4) is 0 Å². The van der Waals surface area contributed by atoms with Gasteiger partial charge in [0.05, 0.1) is 14.4 Å². The van der Waals surface area contributed by atoms with Gasteiger partial charge in [0, 0.05) is 26.3 Å². The molecule has 0 heterocycles. The van der Waals surface area contributed by atoms with E-state index >= 15 is 0 Å². The summed E-state index contributed by atoms with van der Waals surface area (Å²) in [6.45, 7) is 3.37. The molecule has 0 fully saturated rings. The van der Waals surface area contributed by atoms with Crippen LogP contribution >= 0.6 is 7.82 Å². The molecule has 0 rings (SSSR count). The van der Waals surface area contributed by atoms with Crippen molar-refractivity contribution in [3.05, 3.63) is 0 Å². The second-order valence-corrected chi connectivity index (χ2v) is 11.0. The van der Waals surface area contributed by atoms with Crippen LogP contribution in [-0.4, -0.2) is 43.7 Å². The molecule has 0 aliphatic heterocycles. The Labute approximate surface area is 286 Å². The third-order valence-electron chi connectivity index (χ3n) is 6.06. The molecule has 0 spiro atoms. The fourth-order valence-corrected chi connectivity index (χ4v) is 4.26. The van der Waals surface area contributed by atoms with Gasteiger partial charge in [-0.1, -0.05) is 90.4 Å². The smallest absolute Gasteiger partial charge is 0.790 e. The first-order valence-corrected chi connectivity index (χ1v) is 15.9. The normalized spacial score (nSPS) is 11.6. The van der Waals surface area contributed by atoms with E-state index in [0.717, 1.165) is 64.3 Å². The molecule has 10 nitrogen and oxygen atoms in total. The first kappa shape index (κ1) is 45.0. The second kappa shape index (κ2) is 31.0. The Kier molecular flexibility index (Phi) is 34.8. The first-order valence-electron chi connectivity index (χ1n) is 14.4. The van der Waals surface area contributed by atoms with Crippen molar-refractivity contribution in [1.29, 1.82) is 0 Å². The Bertz CT molecular complexity index is 680. The summed E-state index contributed by atoms with van der Waals surface area (Å²) in [6.07, 6.45) is 15.9. The van der Waals surface area contributed by atoms with Crippen LogP contribution in [0, 0.1) is 0 Å². The number of rotatable bonds is 26. The first-order chi connectivity index (χ1) is 18.1. The zero-order valence-electron chi connectivity index (χ0n) is 25.5. The number of nitrogens with one attached hydrogen (secondary N) is 1. The summed E-state index contributed by atoms with van der Waals surface area (Å²) in [5, 5.41) is 2.81. The average Bonchev–Trinajstić information content (AvgIpc) is 2.85. The van der Waals surface area contributed by atoms with Crippen LogP contribution in [0.1, 0.15) is 129 Å². The number of hydrogen-bond donors (Lipinski definition) is 1. The monoisotopic (exact) mass is 609 g/mol. The fraction of sp³-hybridized carbons (Fsp3) is 0.889. The number of amides is 1. The van der Waals surface area contributed by atoms with E-state index in [1.807, 2.05) is 0 Å². The molecule has 1 atom stereocenters. The largest absolute Gasteiger partial charge is 1.00 e. The van der Waals surface area contributed by atoms with Crippen LogP contribution in [0.5, 0.6) is 0 Å². The van der Waals surface area contributed by atoms with Gasteiger partial charge in [0.2, 0.25) is 5.91 Å². The van der Waals surface area contributed by atoms with E-state index in [4.69, 9.17) is 9.47 Å². The van der Waals surface area contributed by atoms with Gasteiger partial charge in [0.25, 0.3) is 0 Å². The van der Waals surface area contributed by atoms with Gasteiger partial charge in [0.1, 0.15) is 6.61 Å². The zero-order chi connectivity index (χ0) is 28.5. The second-order valence-electron chi connectivity index (χ2n) is 9.82. The number of unbranched alkanes of at least 4 members (excludes halogenated alkanes) is 14. The Hall–Kier alpha value is 0.520. The van der Waals surface area contributed by atoms with Crippen molar-refractivity contribution in [2.75, 3.05) is 19.8 Å². The minimum atomic E-state index is -5.24. The van der Waals surface area contributed by atoms with Crippen LogP contribution in [0.15, 0.2) is 0 Å². The van der Waals surface area contributed by atoms with E-state index in [1.165, 1.54) is 39.0 Å². The average molecular weight is 610 g/mol. The molecular weight excluding hydrogens is 559 g/mol. The third-order valence-corrected chi connectivity index (χ3v) is 6.53. The van der Waals surface area contributed by atoms with Gasteiger partial charge in [-0.2, -0.15) is 0 Å². The molecule has 0 unspecified atom stereocenters. The molecule has 0 aromatic heterocycles. The van der Waals surface area contributed by atoms with Gasteiger partial charge < -0.3 is 33.7 Å². The molecule has 0 saturated heterocycles. The third kappa shape index (κ3) is 34.7. The van der Waals surface area contributed by atoms with E-state index in [2.05, 4.69) is 16.8 Å². The maximum atomic E-state index is 12.0. The Balaban J connectivity index is -0.00000684. The summed E-state index contributed by atoms with van der Waals surface area (Å²) in [4.78, 5) is 56.4. The minimum Gasteiger partial charge on any atom is -0.790 e. The summed E-state index contributed by atoms with van der Waals surface area (Å²) >= 11 is 0. The van der Waals surface area contributed by atoms with Crippen molar-refractivity contribution >= 4 is 25.7 Å². The van der Waals surface area contributed by atoms with E-state index in [0.29, 0.717) is 12.8 Å². The van der Waals surface area contributed by atoms with E-state index < -0.39 is 32.5 Å². The van der Waals surface area contributed by atoms with Crippen molar-refractivity contribution in [1.82, 2.24) is 5.32 Å². The Morgan fingerprint density at radius 1 is 0.700 bits per heavy atom. The fourth-order valence-electron chi connectivity index (χ4n) is 3.92. The standard InChI is InChI=1S/C27H52NO9P.2Na/c1-3-4-5-13-17-20-27(31)37-25(23-36-38(32,33)34)22-35-26(30)19-16-14-11-9-7-6-8-10-12-15-18-21-28-24(2)29;;/h25H,3-23H2,1-2H3,(H,28,29)(H2,32,33,34);;/q;2*+1/p-2/t25-;;/m1../s1. The van der Waals surface area contributed by atoms with Gasteiger partial charge in [-0.25, -0.2) is 0 Å². The van der Waals surface area contributed by atoms with E-state index in [1.54, 1.807) is 0 Å². The number of carbonyl (C=O) groups excluding carboxylic acids is 3. The summed E-state index contributed by atoms with van der Waals surface area (Å²) in [7, 11) is -5.24. The van der Waals surface area contributed by atoms with Crippen LogP contribution in [0.4, 0.5) is 0 Å². The van der Waals surface area contributed by atoms with Crippen LogP contribution in [0.25, 0.3) is 0 Å². The molecule has 0 radical (unpaired) electrons. The van der Waals surface area contributed by atoms with Crippen LogP contribution < -0.4 is 74.2 Å². The SMILES string of the molecule is CCCCCCCC(=O)O[C@H](COC(=O)CCCCCCCCCCCCCNC(C)=O)COP(=O)([O-])[O-].[Na+].[Na+]. The van der Waals surface area contributed by atoms with E-state index in [-0.39, 0.29) is 84.5 Å². The number of phosphoric acid groups is 1. The van der Waals surface area contributed by atoms with Crippen molar-refractivity contribution in [2.45, 2.75) is 136 Å². The summed E-state index contributed by atoms with van der Waals surface area (Å²) in [6, 6.07) is 0. The Morgan fingerprint density at radius 2 is 1.15 bits per heavy atom. The van der Waals surface area contributed by atoms with Crippen LogP contribution in [-0.2, 0) is 32.9 Å². The molecule has 0 bridgehead atoms. The molecule has 13 heteroatoms. The van der Waals surface area contributed by atoms with Crippen molar-refractivity contribution in [3.8, 4) is 0 Å². The van der Waals surface area contributed by atoms with Gasteiger partial charge in [-0.3, -0.25) is 14.4 Å². The maximum absolute atomic E-state index is 12.0. The van der Waals surface area contributed by atoms with Crippen molar-refractivity contribution < 1.29 is 102 Å². The summed E-state index contributed by atoms with van der Waals surface area (Å²) in [5.41, 5.74) is 0. The summed E-state index contributed by atoms with van der Waals surface area (Å²) < 4.78 is 25.3. The molecule has 1 N–H and O–H groups in total. The molecule has 0 aromatic carbocycles. The number of ether oxygens (including phenoxy) is 2. The molecular formula is C27H50NNa2O9P. The molecule has 0 saturated carbocycles. The molecule has 0 aliphatic carbocycles. The quantitative estimate of drug-likeness (QED) is 0.0533. The number of carbonyl (C=O) groups is 3. The van der Waals surface area contributed by atoms with Gasteiger partial charge in [-0.05, 0) is 19.3 Å². The minimum absolute atomic E-state index is 0. The molecule has 224 valence electrons. The number of esters is 2. The van der Waals surface area contributed by atoms with E-state index in [9.17, 15) is 28.7 Å². The zero-order valence-corrected chi connectivity index (χ0v) is 30.4. The molecule has 1 amide bonds. The Morgan fingerprint density at radius 3 is 1.62 bits per heavy atom. The molecule has 0 aromatic rings. The van der Waals surface area contributed by atoms with Gasteiger partial charge in [-0.15, -0.1) is 0 Å². The van der Waals surface area contributed by atoms with Crippen molar-refractivity contribution in [3.63, 3.8) is 0 Å².